The first-order valence-corrected chi connectivity index (χ1v) is 11.1. The fourth-order valence-electron chi connectivity index (χ4n) is 3.50. The molecular weight excluding hydrogens is 404 g/mol. The molecule has 3 heterocycles. The van der Waals surface area contributed by atoms with Crippen LogP contribution in [0.25, 0.3) is 0 Å². The average molecular weight is 425 g/mol. The van der Waals surface area contributed by atoms with E-state index in [2.05, 4.69) is 15.5 Å². The Morgan fingerprint density at radius 3 is 2.75 bits per heavy atom. The van der Waals surface area contributed by atoms with Crippen LogP contribution >= 0.6 is 11.6 Å². The number of halogens is 1. The molecule has 0 spiro atoms. The topological polar surface area (TPSA) is 105 Å². The second-order valence-corrected chi connectivity index (χ2v) is 9.64. The minimum Gasteiger partial charge on any atom is -0.360 e. The van der Waals surface area contributed by atoms with Crippen LogP contribution in [-0.4, -0.2) is 47.4 Å². The minimum atomic E-state index is -3.66. The Kier molecular flexibility index (Phi) is 5.15. The van der Waals surface area contributed by atoms with Gasteiger partial charge in [0.25, 0.3) is 5.91 Å². The lowest BCUT2D eigenvalue weighted by atomic mass is 10.0. The van der Waals surface area contributed by atoms with Crippen molar-refractivity contribution in [3.05, 3.63) is 41.0 Å². The lowest BCUT2D eigenvalue weighted by Gasteiger charge is -2.36. The van der Waals surface area contributed by atoms with Crippen molar-refractivity contribution in [2.24, 2.45) is 0 Å². The first-order valence-electron chi connectivity index (χ1n) is 9.25. The van der Waals surface area contributed by atoms with Crippen molar-refractivity contribution in [1.82, 2.24) is 19.8 Å². The Hall–Kier alpha value is -1.97. The van der Waals surface area contributed by atoms with Crippen LogP contribution in [-0.2, 0) is 10.0 Å². The van der Waals surface area contributed by atoms with Gasteiger partial charge in [0.2, 0.25) is 10.0 Å². The molecule has 1 saturated carbocycles. The Balaban J connectivity index is 1.39. The lowest BCUT2D eigenvalue weighted by molar-refractivity contribution is 0.0905. The molecule has 150 valence electrons. The molecular formula is C18H21ClN4O4S. The molecule has 4 rings (SSSR count). The number of nitrogens with one attached hydrogen (secondary N) is 1. The van der Waals surface area contributed by atoms with Crippen LogP contribution in [0.1, 0.15) is 54.8 Å². The van der Waals surface area contributed by atoms with Crippen LogP contribution in [0, 0.1) is 0 Å². The molecule has 1 N–H and O–H groups in total. The molecule has 0 aromatic carbocycles. The molecule has 10 heteroatoms. The fraction of sp³-hybridized carbons (Fsp3) is 0.500. The van der Waals surface area contributed by atoms with E-state index in [-0.39, 0.29) is 33.7 Å². The number of sulfonamides is 1. The third-order valence-corrected chi connectivity index (χ3v) is 7.42. The molecule has 1 aliphatic carbocycles. The van der Waals surface area contributed by atoms with Gasteiger partial charge in [0.1, 0.15) is 15.8 Å². The highest BCUT2D eigenvalue weighted by Gasteiger charge is 2.36. The number of pyridine rings is 1. The summed E-state index contributed by atoms with van der Waals surface area (Å²) in [7, 11) is -3.66. The Morgan fingerprint density at radius 1 is 1.32 bits per heavy atom. The molecule has 2 aliphatic rings. The Bertz CT molecular complexity index is 972. The van der Waals surface area contributed by atoms with Crippen LogP contribution in [0.5, 0.6) is 0 Å². The Morgan fingerprint density at radius 2 is 2.11 bits per heavy atom. The number of amides is 1. The van der Waals surface area contributed by atoms with E-state index in [9.17, 15) is 13.2 Å². The van der Waals surface area contributed by atoms with Crippen molar-refractivity contribution in [2.75, 3.05) is 6.54 Å². The van der Waals surface area contributed by atoms with E-state index < -0.39 is 10.0 Å². The first kappa shape index (κ1) is 19.4. The van der Waals surface area contributed by atoms with E-state index >= 15 is 0 Å². The average Bonchev–Trinajstić information content (AvgIpc) is 3.38. The number of hydrogen-bond donors (Lipinski definition) is 1. The van der Waals surface area contributed by atoms with Crippen molar-refractivity contribution in [3.63, 3.8) is 0 Å². The molecule has 1 saturated heterocycles. The predicted molar refractivity (Wildman–Crippen MR) is 102 cm³/mol. The highest BCUT2D eigenvalue weighted by atomic mass is 35.5. The van der Waals surface area contributed by atoms with Gasteiger partial charge in [-0.25, -0.2) is 13.4 Å². The summed E-state index contributed by atoms with van der Waals surface area (Å²) in [6.07, 6.45) is 4.44. The molecule has 8 nitrogen and oxygen atoms in total. The zero-order valence-corrected chi connectivity index (χ0v) is 16.9. The molecule has 2 aromatic rings. The number of carbonyl (C=O) groups is 1. The molecule has 0 bridgehead atoms. The van der Waals surface area contributed by atoms with Gasteiger partial charge in [0.05, 0.1) is 0 Å². The van der Waals surface area contributed by atoms with Gasteiger partial charge in [-0.05, 0) is 44.7 Å². The van der Waals surface area contributed by atoms with Crippen molar-refractivity contribution < 1.29 is 17.7 Å². The number of carbonyl (C=O) groups excluding carboxylic acids is 1. The smallest absolute Gasteiger partial charge is 0.273 e. The predicted octanol–water partition coefficient (Wildman–Crippen LogP) is 2.57. The van der Waals surface area contributed by atoms with E-state index in [0.717, 1.165) is 18.6 Å². The van der Waals surface area contributed by atoms with Gasteiger partial charge in [0.15, 0.2) is 5.69 Å². The van der Waals surface area contributed by atoms with Gasteiger partial charge in [-0.15, -0.1) is 0 Å². The summed E-state index contributed by atoms with van der Waals surface area (Å²) in [5.41, 5.74) is 0.275. The second-order valence-electron chi connectivity index (χ2n) is 7.36. The summed E-state index contributed by atoms with van der Waals surface area (Å²) in [4.78, 5) is 16.4. The quantitative estimate of drug-likeness (QED) is 0.739. The molecule has 1 aliphatic heterocycles. The summed E-state index contributed by atoms with van der Waals surface area (Å²) >= 11 is 5.74. The maximum atomic E-state index is 12.9. The molecule has 2 atom stereocenters. The minimum absolute atomic E-state index is 0.112. The number of hydrogen-bond acceptors (Lipinski definition) is 6. The lowest BCUT2D eigenvalue weighted by Crippen LogP contribution is -2.50. The van der Waals surface area contributed by atoms with E-state index in [0.29, 0.717) is 25.3 Å². The van der Waals surface area contributed by atoms with Gasteiger partial charge in [0, 0.05) is 36.8 Å². The zero-order valence-electron chi connectivity index (χ0n) is 15.3. The fourth-order valence-corrected chi connectivity index (χ4v) is 5.22. The highest BCUT2D eigenvalue weighted by molar-refractivity contribution is 7.89. The monoisotopic (exact) mass is 424 g/mol. The number of piperidine rings is 1. The summed E-state index contributed by atoms with van der Waals surface area (Å²) < 4.78 is 32.4. The van der Waals surface area contributed by atoms with Crippen LogP contribution in [0.15, 0.2) is 33.8 Å². The van der Waals surface area contributed by atoms with Crippen LogP contribution in [0.2, 0.25) is 5.15 Å². The summed E-state index contributed by atoms with van der Waals surface area (Å²) in [5.74, 6) is 0.868. The van der Waals surface area contributed by atoms with Crippen molar-refractivity contribution in [3.8, 4) is 0 Å². The number of rotatable bonds is 5. The maximum Gasteiger partial charge on any atom is 0.273 e. The maximum absolute atomic E-state index is 12.9. The van der Waals surface area contributed by atoms with Gasteiger partial charge < -0.3 is 9.84 Å². The summed E-state index contributed by atoms with van der Waals surface area (Å²) in [5, 5.41) is 7.04. The van der Waals surface area contributed by atoms with E-state index in [4.69, 9.17) is 16.1 Å². The van der Waals surface area contributed by atoms with Crippen LogP contribution in [0.4, 0.5) is 0 Å². The van der Waals surface area contributed by atoms with Crippen LogP contribution in [0.3, 0.4) is 0 Å². The van der Waals surface area contributed by atoms with Gasteiger partial charge in [-0.2, -0.15) is 4.31 Å². The summed E-state index contributed by atoms with van der Waals surface area (Å²) in [6.45, 7) is 2.14. The van der Waals surface area contributed by atoms with Gasteiger partial charge in [-0.3, -0.25) is 4.79 Å². The Labute approximate surface area is 168 Å². The molecule has 0 unspecified atom stereocenters. The van der Waals surface area contributed by atoms with Gasteiger partial charge >= 0.3 is 0 Å². The normalized spacial score (nSPS) is 23.5. The third kappa shape index (κ3) is 3.92. The van der Waals surface area contributed by atoms with E-state index in [1.54, 1.807) is 6.07 Å². The van der Waals surface area contributed by atoms with Crippen molar-refractivity contribution in [2.45, 2.75) is 55.5 Å². The van der Waals surface area contributed by atoms with Gasteiger partial charge in [-0.1, -0.05) is 16.8 Å². The third-order valence-electron chi connectivity index (χ3n) is 5.20. The number of aromatic nitrogens is 2. The SMILES string of the molecule is C[C@@H]1C[C@@H](NC(=O)c2cc(C3CC3)on2)CCN1S(=O)(=O)c1ccc(Cl)nc1. The standard InChI is InChI=1S/C18H21ClN4O4S/c1-11-8-13(21-18(24)15-9-16(27-22-15)12-2-3-12)6-7-23(11)28(25,26)14-4-5-17(19)20-10-14/h4-5,9-13H,2-3,6-8H2,1H3,(H,21,24)/t11-,13+/m1/s1. The van der Waals surface area contributed by atoms with E-state index in [1.165, 1.54) is 22.6 Å². The van der Waals surface area contributed by atoms with E-state index in [1.807, 2.05) is 6.92 Å². The number of nitrogens with zero attached hydrogens (tertiary/aromatic N) is 3. The van der Waals surface area contributed by atoms with Crippen molar-refractivity contribution >= 4 is 27.5 Å². The molecule has 28 heavy (non-hydrogen) atoms. The largest absolute Gasteiger partial charge is 0.360 e. The molecule has 1 amide bonds. The summed E-state index contributed by atoms with van der Waals surface area (Å²) in [6, 6.07) is 4.22. The molecule has 2 aromatic heterocycles. The first-order chi connectivity index (χ1) is 13.3. The zero-order chi connectivity index (χ0) is 19.9. The molecule has 0 radical (unpaired) electrons. The highest BCUT2D eigenvalue weighted by Crippen LogP contribution is 2.40. The van der Waals surface area contributed by atoms with Crippen molar-refractivity contribution in [1.29, 1.82) is 0 Å². The second kappa shape index (κ2) is 7.46. The van der Waals surface area contributed by atoms with Crippen LogP contribution < -0.4 is 5.32 Å². The molecule has 2 fully saturated rings.